The minimum atomic E-state index is -0.287. The summed E-state index contributed by atoms with van der Waals surface area (Å²) in [7, 11) is 1.83. The van der Waals surface area contributed by atoms with E-state index in [0.717, 1.165) is 5.56 Å². The van der Waals surface area contributed by atoms with E-state index in [0.29, 0.717) is 23.6 Å². The number of hydrogen-bond donors (Lipinski definition) is 2. The number of halogens is 1. The van der Waals surface area contributed by atoms with Crippen LogP contribution in [-0.4, -0.2) is 33.5 Å². The van der Waals surface area contributed by atoms with Crippen LogP contribution in [0.15, 0.2) is 36.7 Å². The number of aliphatic hydroxyl groups excluding tert-OH is 1. The highest BCUT2D eigenvalue weighted by Gasteiger charge is 2.36. The SMILES string of the molecule is Cn1cc([C@H](NC(=O)COc2ccccc2Cl)C2CC(O)C2)cn1. The summed E-state index contributed by atoms with van der Waals surface area (Å²) in [6, 6.07) is 6.85. The molecule has 3 rings (SSSR count). The highest BCUT2D eigenvalue weighted by atomic mass is 35.5. The molecule has 1 amide bonds. The molecule has 1 aliphatic carbocycles. The predicted molar refractivity (Wildman–Crippen MR) is 89.8 cm³/mol. The Bertz CT molecular complexity index is 713. The molecule has 1 atom stereocenters. The van der Waals surface area contributed by atoms with Gasteiger partial charge in [-0.1, -0.05) is 23.7 Å². The van der Waals surface area contributed by atoms with E-state index in [4.69, 9.17) is 16.3 Å². The number of hydrogen-bond acceptors (Lipinski definition) is 4. The summed E-state index contributed by atoms with van der Waals surface area (Å²) < 4.78 is 7.18. The van der Waals surface area contributed by atoms with Gasteiger partial charge in [0.1, 0.15) is 5.75 Å². The van der Waals surface area contributed by atoms with Gasteiger partial charge in [-0.3, -0.25) is 9.48 Å². The number of nitrogens with zero attached hydrogens (tertiary/aromatic N) is 2. The molecule has 2 N–H and O–H groups in total. The lowest BCUT2D eigenvalue weighted by Gasteiger charge is -2.37. The van der Waals surface area contributed by atoms with Crippen molar-refractivity contribution in [3.05, 3.63) is 47.2 Å². The molecule has 0 radical (unpaired) electrons. The Balaban J connectivity index is 1.62. The minimum Gasteiger partial charge on any atom is -0.482 e. The lowest BCUT2D eigenvalue weighted by atomic mass is 9.75. The molecule has 7 heteroatoms. The van der Waals surface area contributed by atoms with Gasteiger partial charge >= 0.3 is 0 Å². The van der Waals surface area contributed by atoms with E-state index >= 15 is 0 Å². The normalized spacial score (nSPS) is 21.0. The van der Waals surface area contributed by atoms with Crippen LogP contribution in [0.3, 0.4) is 0 Å². The van der Waals surface area contributed by atoms with Gasteiger partial charge in [-0.25, -0.2) is 0 Å². The van der Waals surface area contributed by atoms with Crippen LogP contribution < -0.4 is 10.1 Å². The summed E-state index contributed by atoms with van der Waals surface area (Å²) in [5, 5.41) is 17.2. The van der Waals surface area contributed by atoms with Crippen molar-refractivity contribution in [3.8, 4) is 5.75 Å². The average Bonchev–Trinajstić information content (AvgIpc) is 2.95. The van der Waals surface area contributed by atoms with Crippen LogP contribution in [0.1, 0.15) is 24.4 Å². The molecule has 24 heavy (non-hydrogen) atoms. The highest BCUT2D eigenvalue weighted by molar-refractivity contribution is 6.32. The molecule has 6 nitrogen and oxygen atoms in total. The zero-order chi connectivity index (χ0) is 17.1. The van der Waals surface area contributed by atoms with Crippen LogP contribution in [0.2, 0.25) is 5.02 Å². The Morgan fingerprint density at radius 1 is 1.50 bits per heavy atom. The van der Waals surface area contributed by atoms with E-state index in [1.807, 2.05) is 13.2 Å². The van der Waals surface area contributed by atoms with Gasteiger partial charge in [0.25, 0.3) is 5.91 Å². The number of aliphatic hydroxyl groups is 1. The van der Waals surface area contributed by atoms with Crippen molar-refractivity contribution in [2.24, 2.45) is 13.0 Å². The summed E-state index contributed by atoms with van der Waals surface area (Å²) in [5.41, 5.74) is 0.931. The first-order chi connectivity index (χ1) is 11.5. The first kappa shape index (κ1) is 16.8. The third-order valence-corrected chi connectivity index (χ3v) is 4.53. The zero-order valence-electron chi connectivity index (χ0n) is 13.4. The molecule has 0 saturated heterocycles. The van der Waals surface area contributed by atoms with Gasteiger partial charge in [0.15, 0.2) is 6.61 Å². The van der Waals surface area contributed by atoms with E-state index in [2.05, 4.69) is 10.4 Å². The molecule has 1 aromatic heterocycles. The molecule has 1 fully saturated rings. The van der Waals surface area contributed by atoms with Gasteiger partial charge in [0.2, 0.25) is 0 Å². The van der Waals surface area contributed by atoms with Crippen LogP contribution in [0.4, 0.5) is 0 Å². The van der Waals surface area contributed by atoms with Crippen molar-refractivity contribution in [2.45, 2.75) is 25.0 Å². The molecular formula is C17H20ClN3O3. The van der Waals surface area contributed by atoms with Gasteiger partial charge in [-0.05, 0) is 30.9 Å². The van der Waals surface area contributed by atoms with E-state index in [1.165, 1.54) is 0 Å². The van der Waals surface area contributed by atoms with Crippen LogP contribution in [0.25, 0.3) is 0 Å². The molecule has 1 aromatic carbocycles. The molecule has 2 aromatic rings. The number of rotatable bonds is 6. The van der Waals surface area contributed by atoms with Crippen molar-refractivity contribution in [2.75, 3.05) is 6.61 Å². The molecule has 0 aliphatic heterocycles. The van der Waals surface area contributed by atoms with Crippen molar-refractivity contribution >= 4 is 17.5 Å². The zero-order valence-corrected chi connectivity index (χ0v) is 14.1. The number of carbonyl (C=O) groups is 1. The number of benzene rings is 1. The number of aryl methyl sites for hydroxylation is 1. The fourth-order valence-electron chi connectivity index (χ4n) is 2.90. The number of aromatic nitrogens is 2. The second-order valence-electron chi connectivity index (χ2n) is 6.10. The van der Waals surface area contributed by atoms with Crippen molar-refractivity contribution < 1.29 is 14.6 Å². The van der Waals surface area contributed by atoms with Gasteiger partial charge in [-0.15, -0.1) is 0 Å². The first-order valence-corrected chi connectivity index (χ1v) is 8.24. The van der Waals surface area contributed by atoms with Crippen molar-refractivity contribution in [3.63, 3.8) is 0 Å². The van der Waals surface area contributed by atoms with Gasteiger partial charge < -0.3 is 15.2 Å². The predicted octanol–water partition coefficient (Wildman–Crippen LogP) is 2.08. The van der Waals surface area contributed by atoms with Crippen molar-refractivity contribution in [1.29, 1.82) is 0 Å². The molecule has 128 valence electrons. The molecule has 0 spiro atoms. The molecule has 1 saturated carbocycles. The second-order valence-corrected chi connectivity index (χ2v) is 6.50. The molecular weight excluding hydrogens is 330 g/mol. The number of ether oxygens (including phenoxy) is 1. The smallest absolute Gasteiger partial charge is 0.258 e. The van der Waals surface area contributed by atoms with E-state index in [1.54, 1.807) is 35.1 Å². The fraction of sp³-hybridized carbons (Fsp3) is 0.412. The third kappa shape index (κ3) is 3.88. The average molecular weight is 350 g/mol. The highest BCUT2D eigenvalue weighted by Crippen LogP contribution is 2.37. The van der Waals surface area contributed by atoms with Gasteiger partial charge in [-0.2, -0.15) is 5.10 Å². The summed E-state index contributed by atoms with van der Waals surface area (Å²) in [5.74, 6) is 0.449. The lowest BCUT2D eigenvalue weighted by Crippen LogP contribution is -2.42. The Hall–Kier alpha value is -2.05. The quantitative estimate of drug-likeness (QED) is 0.837. The van der Waals surface area contributed by atoms with E-state index < -0.39 is 0 Å². The van der Waals surface area contributed by atoms with E-state index in [9.17, 15) is 9.90 Å². The topological polar surface area (TPSA) is 76.4 Å². The number of para-hydroxylation sites is 1. The van der Waals surface area contributed by atoms with Crippen molar-refractivity contribution in [1.82, 2.24) is 15.1 Å². The molecule has 1 aliphatic rings. The summed E-state index contributed by atoms with van der Waals surface area (Å²) in [6.07, 6.45) is 4.68. The number of amides is 1. The monoisotopic (exact) mass is 349 g/mol. The summed E-state index contributed by atoms with van der Waals surface area (Å²) in [4.78, 5) is 12.3. The second kappa shape index (κ2) is 7.23. The standard InChI is InChI=1S/C17H20ClN3O3/c1-21-9-12(8-19-21)17(11-6-13(22)7-11)20-16(23)10-24-15-5-3-2-4-14(15)18/h2-5,8-9,11,13,17,22H,6-7,10H2,1H3,(H,20,23)/t11?,13?,17-/m1/s1. The summed E-state index contributed by atoms with van der Waals surface area (Å²) in [6.45, 7) is -0.115. The molecule has 0 bridgehead atoms. The number of carbonyl (C=O) groups excluding carboxylic acids is 1. The summed E-state index contributed by atoms with van der Waals surface area (Å²) >= 11 is 6.01. The maximum absolute atomic E-state index is 12.3. The Morgan fingerprint density at radius 2 is 2.25 bits per heavy atom. The molecule has 0 unspecified atom stereocenters. The van der Waals surface area contributed by atoms with E-state index in [-0.39, 0.29) is 30.6 Å². The lowest BCUT2D eigenvalue weighted by molar-refractivity contribution is -0.125. The Morgan fingerprint density at radius 3 is 2.88 bits per heavy atom. The van der Waals surface area contributed by atoms with Crippen LogP contribution in [0.5, 0.6) is 5.75 Å². The first-order valence-electron chi connectivity index (χ1n) is 7.86. The van der Waals surface area contributed by atoms with Crippen LogP contribution in [0, 0.1) is 5.92 Å². The third-order valence-electron chi connectivity index (χ3n) is 4.22. The van der Waals surface area contributed by atoms with Gasteiger partial charge in [0, 0.05) is 18.8 Å². The fourth-order valence-corrected chi connectivity index (χ4v) is 3.09. The molecule has 1 heterocycles. The maximum Gasteiger partial charge on any atom is 0.258 e. The number of nitrogens with one attached hydrogen (secondary N) is 1. The Labute approximate surface area is 145 Å². The maximum atomic E-state index is 12.3. The minimum absolute atomic E-state index is 0.115. The van der Waals surface area contributed by atoms with Crippen LogP contribution in [-0.2, 0) is 11.8 Å². The van der Waals surface area contributed by atoms with Gasteiger partial charge in [0.05, 0.1) is 23.4 Å². The Kier molecular flexibility index (Phi) is 5.06. The van der Waals surface area contributed by atoms with Crippen LogP contribution >= 0.6 is 11.6 Å². The largest absolute Gasteiger partial charge is 0.482 e.